The number of aromatic nitrogens is 4. The molecular weight excluding hydrogens is 283 g/mol. The molecule has 0 fully saturated rings. The summed E-state index contributed by atoms with van der Waals surface area (Å²) in [6.45, 7) is 1.67. The number of halogens is 3. The molecule has 21 heavy (non-hydrogen) atoms. The first-order chi connectivity index (χ1) is 10.0. The molecule has 1 N–H and O–H groups in total. The molecular formula is C13H10F3N5. The summed E-state index contributed by atoms with van der Waals surface area (Å²) < 4.78 is 41.4. The van der Waals surface area contributed by atoms with Crippen LogP contribution in [0.25, 0.3) is 16.7 Å². The molecule has 0 aliphatic carbocycles. The van der Waals surface area contributed by atoms with E-state index in [2.05, 4.69) is 20.4 Å². The van der Waals surface area contributed by atoms with Crippen molar-refractivity contribution in [2.75, 3.05) is 12.4 Å². The lowest BCUT2D eigenvalue weighted by molar-refractivity contribution is 0.492. The molecule has 0 atom stereocenters. The fourth-order valence-electron chi connectivity index (χ4n) is 2.06. The lowest BCUT2D eigenvalue weighted by Crippen LogP contribution is -2.05. The van der Waals surface area contributed by atoms with Crippen LogP contribution in [-0.2, 0) is 0 Å². The Morgan fingerprint density at radius 2 is 1.76 bits per heavy atom. The number of rotatable bonds is 2. The van der Waals surface area contributed by atoms with Crippen LogP contribution in [0.2, 0.25) is 0 Å². The molecule has 5 nitrogen and oxygen atoms in total. The predicted molar refractivity (Wildman–Crippen MR) is 70.8 cm³/mol. The number of fused-ring (bicyclic) bond motifs is 1. The quantitative estimate of drug-likeness (QED) is 0.738. The highest BCUT2D eigenvalue weighted by atomic mass is 19.2. The maximum Gasteiger partial charge on any atom is 0.168 e. The topological polar surface area (TPSA) is 55.6 Å². The van der Waals surface area contributed by atoms with Crippen LogP contribution in [0.1, 0.15) is 5.82 Å². The summed E-state index contributed by atoms with van der Waals surface area (Å²) in [7, 11) is 1.68. The molecule has 0 radical (unpaired) electrons. The maximum atomic E-state index is 13.9. The zero-order chi connectivity index (χ0) is 15.1. The SMILES string of the molecule is CNc1nc(C)nc2c1cnn2-c1cc(F)c(F)cc1F. The molecule has 3 rings (SSSR count). The zero-order valence-corrected chi connectivity index (χ0v) is 11.2. The first-order valence-corrected chi connectivity index (χ1v) is 6.06. The predicted octanol–water partition coefficient (Wildman–Crippen LogP) is 2.58. The Labute approximate surface area is 117 Å². The Hall–Kier alpha value is -2.64. The molecule has 1 aromatic carbocycles. The van der Waals surface area contributed by atoms with Gasteiger partial charge in [-0.15, -0.1) is 0 Å². The highest BCUT2D eigenvalue weighted by Gasteiger charge is 2.17. The Morgan fingerprint density at radius 1 is 1.05 bits per heavy atom. The Morgan fingerprint density at radius 3 is 2.48 bits per heavy atom. The molecule has 2 heterocycles. The van der Waals surface area contributed by atoms with Gasteiger partial charge in [0.05, 0.1) is 11.6 Å². The lowest BCUT2D eigenvalue weighted by Gasteiger charge is -2.07. The summed E-state index contributed by atoms with van der Waals surface area (Å²) in [4.78, 5) is 8.36. The molecule has 0 unspecified atom stereocenters. The van der Waals surface area contributed by atoms with Crippen LogP contribution in [0.5, 0.6) is 0 Å². The third kappa shape index (κ3) is 2.08. The largest absolute Gasteiger partial charge is 0.372 e. The number of nitrogens with one attached hydrogen (secondary N) is 1. The van der Waals surface area contributed by atoms with Gasteiger partial charge >= 0.3 is 0 Å². The molecule has 108 valence electrons. The van der Waals surface area contributed by atoms with Gasteiger partial charge in [-0.05, 0) is 6.92 Å². The molecule has 0 saturated carbocycles. The summed E-state index contributed by atoms with van der Waals surface area (Å²) in [5.41, 5.74) is 0.0841. The summed E-state index contributed by atoms with van der Waals surface area (Å²) in [5, 5.41) is 7.42. The van der Waals surface area contributed by atoms with Crippen molar-refractivity contribution in [2.45, 2.75) is 6.92 Å². The molecule has 3 aromatic rings. The van der Waals surface area contributed by atoms with Crippen molar-refractivity contribution >= 4 is 16.9 Å². The van der Waals surface area contributed by atoms with E-state index in [9.17, 15) is 13.2 Å². The van der Waals surface area contributed by atoms with Gasteiger partial charge in [0.15, 0.2) is 23.1 Å². The fourth-order valence-corrected chi connectivity index (χ4v) is 2.06. The minimum atomic E-state index is -1.26. The van der Waals surface area contributed by atoms with Gasteiger partial charge < -0.3 is 5.32 Å². The van der Waals surface area contributed by atoms with Crippen LogP contribution in [0.4, 0.5) is 19.0 Å². The number of hydrogen-bond donors (Lipinski definition) is 1. The monoisotopic (exact) mass is 293 g/mol. The minimum absolute atomic E-state index is 0.218. The number of anilines is 1. The second-order valence-electron chi connectivity index (χ2n) is 4.38. The maximum absolute atomic E-state index is 13.9. The molecule has 0 aliphatic rings. The molecule has 2 aromatic heterocycles. The van der Waals surface area contributed by atoms with Crippen molar-refractivity contribution < 1.29 is 13.2 Å². The normalized spacial score (nSPS) is 11.1. The number of aryl methyl sites for hydroxylation is 1. The molecule has 0 amide bonds. The zero-order valence-electron chi connectivity index (χ0n) is 11.2. The number of nitrogens with zero attached hydrogens (tertiary/aromatic N) is 4. The average molecular weight is 293 g/mol. The smallest absolute Gasteiger partial charge is 0.168 e. The van der Waals surface area contributed by atoms with Gasteiger partial charge in [0.2, 0.25) is 0 Å². The van der Waals surface area contributed by atoms with Crippen LogP contribution in [0, 0.1) is 24.4 Å². The standard InChI is InChI=1S/C13H10F3N5/c1-6-19-12(17-2)7-5-18-21(13(7)20-6)11-4-9(15)8(14)3-10(11)16/h3-5H,1-2H3,(H,17,19,20). The van der Waals surface area contributed by atoms with Crippen LogP contribution < -0.4 is 5.32 Å². The van der Waals surface area contributed by atoms with Crippen molar-refractivity contribution in [3.8, 4) is 5.69 Å². The van der Waals surface area contributed by atoms with Crippen LogP contribution in [-0.4, -0.2) is 26.8 Å². The summed E-state index contributed by atoms with van der Waals surface area (Å²) in [6.07, 6.45) is 1.43. The van der Waals surface area contributed by atoms with E-state index < -0.39 is 17.5 Å². The highest BCUT2D eigenvalue weighted by Crippen LogP contribution is 2.24. The Bertz CT molecular complexity index is 843. The fraction of sp³-hybridized carbons (Fsp3) is 0.154. The third-order valence-corrected chi connectivity index (χ3v) is 2.99. The van der Waals surface area contributed by atoms with Crippen LogP contribution in [0.15, 0.2) is 18.3 Å². The van der Waals surface area contributed by atoms with E-state index in [-0.39, 0.29) is 5.69 Å². The molecule has 8 heteroatoms. The van der Waals surface area contributed by atoms with Crippen LogP contribution in [0.3, 0.4) is 0 Å². The van der Waals surface area contributed by atoms with Crippen molar-refractivity contribution in [1.29, 1.82) is 0 Å². The van der Waals surface area contributed by atoms with Gasteiger partial charge in [-0.25, -0.2) is 27.8 Å². The summed E-state index contributed by atoms with van der Waals surface area (Å²) in [5.74, 6) is -2.38. The van der Waals surface area contributed by atoms with E-state index in [4.69, 9.17) is 0 Å². The third-order valence-electron chi connectivity index (χ3n) is 2.99. The van der Waals surface area contributed by atoms with Gasteiger partial charge in [-0.3, -0.25) is 0 Å². The average Bonchev–Trinajstić information content (AvgIpc) is 2.85. The van der Waals surface area contributed by atoms with E-state index >= 15 is 0 Å². The van der Waals surface area contributed by atoms with Gasteiger partial charge in [0.1, 0.15) is 17.3 Å². The Balaban J connectivity index is 2.31. The number of benzene rings is 1. The first kappa shape index (κ1) is 13.3. The second-order valence-corrected chi connectivity index (χ2v) is 4.38. The van der Waals surface area contributed by atoms with Gasteiger partial charge in [0.25, 0.3) is 0 Å². The second kappa shape index (κ2) is 4.72. The van der Waals surface area contributed by atoms with E-state index in [0.717, 1.165) is 10.7 Å². The molecule has 0 spiro atoms. The molecule has 0 saturated heterocycles. The van der Waals surface area contributed by atoms with Crippen molar-refractivity contribution in [1.82, 2.24) is 19.7 Å². The summed E-state index contributed by atoms with van der Waals surface area (Å²) in [6, 6.07) is 1.22. The summed E-state index contributed by atoms with van der Waals surface area (Å²) >= 11 is 0. The van der Waals surface area contributed by atoms with Crippen molar-refractivity contribution in [3.63, 3.8) is 0 Å². The van der Waals surface area contributed by atoms with Crippen molar-refractivity contribution in [3.05, 3.63) is 41.6 Å². The molecule has 0 aliphatic heterocycles. The van der Waals surface area contributed by atoms with Crippen molar-refractivity contribution in [2.24, 2.45) is 0 Å². The molecule has 0 bridgehead atoms. The van der Waals surface area contributed by atoms with E-state index in [1.54, 1.807) is 14.0 Å². The first-order valence-electron chi connectivity index (χ1n) is 6.06. The Kier molecular flexibility index (Phi) is 3.00. The van der Waals surface area contributed by atoms with Gasteiger partial charge in [-0.1, -0.05) is 0 Å². The lowest BCUT2D eigenvalue weighted by atomic mass is 10.3. The minimum Gasteiger partial charge on any atom is -0.372 e. The van der Waals surface area contributed by atoms with Gasteiger partial charge in [0, 0.05) is 19.2 Å². The van der Waals surface area contributed by atoms with E-state index in [0.29, 0.717) is 28.7 Å². The van der Waals surface area contributed by atoms with Crippen LogP contribution >= 0.6 is 0 Å². The van der Waals surface area contributed by atoms with E-state index in [1.807, 2.05) is 0 Å². The number of hydrogen-bond acceptors (Lipinski definition) is 4. The van der Waals surface area contributed by atoms with E-state index in [1.165, 1.54) is 6.20 Å². The highest BCUT2D eigenvalue weighted by molar-refractivity contribution is 5.87. The van der Waals surface area contributed by atoms with Gasteiger partial charge in [-0.2, -0.15) is 5.10 Å².